The average molecular weight is 462 g/mol. The standard InChI is InChI=1S/C21H21F3N6O3/c1-4-12(3)28-9-13-18(20(28)33)29(10-16(31)26-15-6-5-11(2)8-25-15)17-7-14(21(22,23)24)27-30(17)19(13)32/h5-8,12H,4,9-10H2,1-3H3,(H,25,26,31)/t12-/m1/s1. The molecule has 0 aromatic carbocycles. The van der Waals surface area contributed by atoms with E-state index < -0.39 is 35.8 Å². The molecule has 3 aromatic heterocycles. The van der Waals surface area contributed by atoms with Gasteiger partial charge < -0.3 is 14.8 Å². The average Bonchev–Trinajstić information content (AvgIpc) is 3.35. The molecule has 0 aliphatic carbocycles. The number of hydrogen-bond donors (Lipinski definition) is 1. The number of aryl methyl sites for hydroxylation is 1. The van der Waals surface area contributed by atoms with Crippen LogP contribution in [0.1, 0.15) is 47.6 Å². The first-order valence-corrected chi connectivity index (χ1v) is 10.3. The minimum atomic E-state index is -4.80. The topological polar surface area (TPSA) is 102 Å². The Morgan fingerprint density at radius 2 is 2.00 bits per heavy atom. The van der Waals surface area contributed by atoms with Gasteiger partial charge in [0, 0.05) is 18.3 Å². The Hall–Kier alpha value is -3.70. The lowest BCUT2D eigenvalue weighted by atomic mass is 10.2. The summed E-state index contributed by atoms with van der Waals surface area (Å²) in [6, 6.07) is 3.77. The van der Waals surface area contributed by atoms with Gasteiger partial charge in [0.15, 0.2) is 5.69 Å². The number of nitrogens with zero attached hydrogens (tertiary/aromatic N) is 5. The van der Waals surface area contributed by atoms with Gasteiger partial charge >= 0.3 is 6.18 Å². The quantitative estimate of drug-likeness (QED) is 0.628. The Bertz CT molecular complexity index is 1310. The van der Waals surface area contributed by atoms with Crippen LogP contribution in [0.2, 0.25) is 0 Å². The van der Waals surface area contributed by atoms with Crippen molar-refractivity contribution in [1.82, 2.24) is 24.1 Å². The molecule has 12 heteroatoms. The lowest BCUT2D eigenvalue weighted by molar-refractivity contribution is -0.141. The molecule has 1 N–H and O–H groups in total. The van der Waals surface area contributed by atoms with E-state index in [1.807, 2.05) is 13.8 Å². The molecule has 4 rings (SSSR count). The number of nitrogens with one attached hydrogen (secondary N) is 1. The maximum atomic E-state index is 13.3. The van der Waals surface area contributed by atoms with Gasteiger partial charge in [0.1, 0.15) is 23.7 Å². The zero-order valence-corrected chi connectivity index (χ0v) is 18.1. The lowest BCUT2D eigenvalue weighted by Crippen LogP contribution is -2.34. The third kappa shape index (κ3) is 3.96. The molecule has 1 aliphatic rings. The lowest BCUT2D eigenvalue weighted by Gasteiger charge is -2.22. The first-order valence-electron chi connectivity index (χ1n) is 10.3. The van der Waals surface area contributed by atoms with Crippen LogP contribution in [0.5, 0.6) is 0 Å². The summed E-state index contributed by atoms with van der Waals surface area (Å²) in [5, 5.41) is 5.98. The first-order chi connectivity index (χ1) is 15.5. The summed E-state index contributed by atoms with van der Waals surface area (Å²) < 4.78 is 41.7. The largest absolute Gasteiger partial charge is 0.435 e. The monoisotopic (exact) mass is 462 g/mol. The molecule has 0 spiro atoms. The van der Waals surface area contributed by atoms with Gasteiger partial charge in [-0.05, 0) is 31.9 Å². The zero-order valence-electron chi connectivity index (χ0n) is 18.1. The fourth-order valence-corrected chi connectivity index (χ4v) is 3.73. The Morgan fingerprint density at radius 3 is 2.61 bits per heavy atom. The van der Waals surface area contributed by atoms with E-state index in [1.54, 1.807) is 25.3 Å². The molecule has 0 saturated carbocycles. The maximum Gasteiger partial charge on any atom is 0.435 e. The number of fused-ring (bicyclic) bond motifs is 2. The number of pyridine rings is 1. The van der Waals surface area contributed by atoms with E-state index in [4.69, 9.17) is 0 Å². The third-order valence-corrected chi connectivity index (χ3v) is 5.66. The van der Waals surface area contributed by atoms with E-state index in [2.05, 4.69) is 15.4 Å². The van der Waals surface area contributed by atoms with Gasteiger partial charge in [0.25, 0.3) is 11.5 Å². The van der Waals surface area contributed by atoms with E-state index in [0.29, 0.717) is 17.0 Å². The molecule has 0 unspecified atom stereocenters. The van der Waals surface area contributed by atoms with E-state index in [1.165, 1.54) is 4.90 Å². The molecule has 1 aliphatic heterocycles. The van der Waals surface area contributed by atoms with Crippen molar-refractivity contribution in [2.24, 2.45) is 0 Å². The second-order valence-corrected chi connectivity index (χ2v) is 7.98. The van der Waals surface area contributed by atoms with E-state index in [0.717, 1.165) is 10.1 Å². The van der Waals surface area contributed by atoms with Crippen LogP contribution in [-0.2, 0) is 24.1 Å². The molecule has 0 bridgehead atoms. The minimum Gasteiger partial charge on any atom is -0.330 e. The summed E-state index contributed by atoms with van der Waals surface area (Å²) >= 11 is 0. The zero-order chi connectivity index (χ0) is 24.1. The van der Waals surface area contributed by atoms with Gasteiger partial charge in [-0.15, -0.1) is 0 Å². The van der Waals surface area contributed by atoms with Crippen molar-refractivity contribution in [2.75, 3.05) is 5.32 Å². The van der Waals surface area contributed by atoms with E-state index in [-0.39, 0.29) is 35.3 Å². The number of anilines is 1. The molecule has 4 heterocycles. The SMILES string of the molecule is CC[C@@H](C)N1Cc2c(n(CC(=O)Nc3ccc(C)cn3)c3cc(C(F)(F)F)nn3c2=O)C1=O. The second kappa shape index (κ2) is 8.01. The number of rotatable bonds is 5. The van der Waals surface area contributed by atoms with E-state index >= 15 is 0 Å². The van der Waals surface area contributed by atoms with Gasteiger partial charge in [-0.1, -0.05) is 13.0 Å². The summed E-state index contributed by atoms with van der Waals surface area (Å²) in [5.41, 5.74) is -1.62. The third-order valence-electron chi connectivity index (χ3n) is 5.66. The molecule has 9 nitrogen and oxygen atoms in total. The summed E-state index contributed by atoms with van der Waals surface area (Å²) in [4.78, 5) is 44.4. The number of amides is 2. The van der Waals surface area contributed by atoms with Crippen LogP contribution < -0.4 is 10.9 Å². The van der Waals surface area contributed by atoms with Gasteiger partial charge in [-0.25, -0.2) is 4.98 Å². The Labute approximate surface area is 185 Å². The van der Waals surface area contributed by atoms with Crippen LogP contribution in [0, 0.1) is 6.92 Å². The summed E-state index contributed by atoms with van der Waals surface area (Å²) in [6.45, 7) is 4.93. The van der Waals surface area contributed by atoms with Crippen LogP contribution in [0.3, 0.4) is 0 Å². The molecule has 174 valence electrons. The first kappa shape index (κ1) is 22.5. The van der Waals surface area contributed by atoms with Crippen LogP contribution in [0.4, 0.5) is 19.0 Å². The molecule has 0 radical (unpaired) electrons. The summed E-state index contributed by atoms with van der Waals surface area (Å²) in [7, 11) is 0. The molecule has 3 aromatic rings. The summed E-state index contributed by atoms with van der Waals surface area (Å²) in [6.07, 6.45) is -2.64. The Balaban J connectivity index is 1.83. The predicted octanol–water partition coefficient (Wildman–Crippen LogP) is 2.61. The number of halogens is 3. The Morgan fingerprint density at radius 1 is 1.27 bits per heavy atom. The van der Waals surface area contributed by atoms with Crippen molar-refractivity contribution in [3.63, 3.8) is 0 Å². The molecular formula is C21H21F3N6O3. The highest BCUT2D eigenvalue weighted by Gasteiger charge is 2.39. The highest BCUT2D eigenvalue weighted by atomic mass is 19.4. The number of carbonyl (C=O) groups is 2. The predicted molar refractivity (Wildman–Crippen MR) is 112 cm³/mol. The number of hydrogen-bond acceptors (Lipinski definition) is 5. The van der Waals surface area contributed by atoms with Crippen LogP contribution in [-0.4, -0.2) is 41.9 Å². The van der Waals surface area contributed by atoms with Crippen molar-refractivity contribution in [1.29, 1.82) is 0 Å². The fraction of sp³-hybridized carbons (Fsp3) is 0.381. The van der Waals surface area contributed by atoms with Gasteiger partial charge in [0.05, 0.1) is 12.1 Å². The highest BCUT2D eigenvalue weighted by Crippen LogP contribution is 2.30. The molecule has 0 saturated heterocycles. The number of carbonyl (C=O) groups excluding carboxylic acids is 2. The van der Waals surface area contributed by atoms with Crippen molar-refractivity contribution in [2.45, 2.75) is 52.5 Å². The summed E-state index contributed by atoms with van der Waals surface area (Å²) in [5.74, 6) is -0.894. The van der Waals surface area contributed by atoms with Crippen LogP contribution in [0.25, 0.3) is 5.65 Å². The van der Waals surface area contributed by atoms with Crippen molar-refractivity contribution >= 4 is 23.3 Å². The molecular weight excluding hydrogens is 441 g/mol. The normalized spacial score (nSPS) is 14.6. The molecule has 33 heavy (non-hydrogen) atoms. The van der Waals surface area contributed by atoms with Gasteiger partial charge in [0.2, 0.25) is 5.91 Å². The van der Waals surface area contributed by atoms with Gasteiger partial charge in [-0.3, -0.25) is 14.4 Å². The van der Waals surface area contributed by atoms with Gasteiger partial charge in [-0.2, -0.15) is 22.8 Å². The second-order valence-electron chi connectivity index (χ2n) is 7.98. The van der Waals surface area contributed by atoms with Crippen LogP contribution in [0.15, 0.2) is 29.2 Å². The maximum absolute atomic E-state index is 13.3. The van der Waals surface area contributed by atoms with Crippen molar-refractivity contribution in [3.8, 4) is 0 Å². The molecule has 2 amide bonds. The number of aromatic nitrogens is 4. The smallest absolute Gasteiger partial charge is 0.330 e. The van der Waals surface area contributed by atoms with Crippen molar-refractivity contribution in [3.05, 3.63) is 57.3 Å². The highest BCUT2D eigenvalue weighted by molar-refractivity contribution is 5.98. The van der Waals surface area contributed by atoms with E-state index in [9.17, 15) is 27.6 Å². The Kier molecular flexibility index (Phi) is 5.46. The van der Waals surface area contributed by atoms with Crippen molar-refractivity contribution < 1.29 is 22.8 Å². The molecule has 0 fully saturated rings. The molecule has 1 atom stereocenters. The minimum absolute atomic E-state index is 0.00545. The van der Waals surface area contributed by atoms with Crippen LogP contribution >= 0.6 is 0 Å². The fourth-order valence-electron chi connectivity index (χ4n) is 3.73. The number of alkyl halides is 3.